The summed E-state index contributed by atoms with van der Waals surface area (Å²) >= 11 is 0. The number of amides is 1. The van der Waals surface area contributed by atoms with Crippen LogP contribution in [-0.2, 0) is 9.53 Å². The van der Waals surface area contributed by atoms with E-state index in [4.69, 9.17) is 4.74 Å². The van der Waals surface area contributed by atoms with Gasteiger partial charge in [0.1, 0.15) is 0 Å². The lowest BCUT2D eigenvalue weighted by atomic mass is 9.82. The largest absolute Gasteiger partial charge is 0.394 e. The summed E-state index contributed by atoms with van der Waals surface area (Å²) in [6.07, 6.45) is 0.909. The first kappa shape index (κ1) is 19.5. The van der Waals surface area contributed by atoms with Crippen LogP contribution in [0.1, 0.15) is 18.0 Å². The Kier molecular flexibility index (Phi) is 5.46. The molecule has 0 saturated carbocycles. The molecular formula is C24H29N3O3. The molecule has 6 nitrogen and oxygen atoms in total. The van der Waals surface area contributed by atoms with Crippen molar-refractivity contribution in [1.29, 1.82) is 0 Å². The van der Waals surface area contributed by atoms with Gasteiger partial charge in [-0.25, -0.2) is 0 Å². The number of nitrogens with zero attached hydrogens (tertiary/aromatic N) is 2. The summed E-state index contributed by atoms with van der Waals surface area (Å²) in [6, 6.07) is 16.8. The molecule has 0 radical (unpaired) electrons. The molecule has 2 N–H and O–H groups in total. The number of hydrogen-bond donors (Lipinski definition) is 2. The number of likely N-dealkylation sites (tertiary alicyclic amines) is 1. The quantitative estimate of drug-likeness (QED) is 0.815. The molecule has 3 aliphatic heterocycles. The molecule has 3 aliphatic rings. The zero-order valence-corrected chi connectivity index (χ0v) is 17.2. The van der Waals surface area contributed by atoms with Gasteiger partial charge in [0.2, 0.25) is 5.91 Å². The number of aliphatic hydroxyl groups excluding tert-OH is 1. The first-order valence-electron chi connectivity index (χ1n) is 10.9. The van der Waals surface area contributed by atoms with Crippen molar-refractivity contribution in [3.8, 4) is 11.1 Å². The lowest BCUT2D eigenvalue weighted by Crippen LogP contribution is -2.47. The fourth-order valence-corrected chi connectivity index (χ4v) is 5.19. The predicted octanol–water partition coefficient (Wildman–Crippen LogP) is 2.36. The van der Waals surface area contributed by atoms with E-state index in [0.717, 1.165) is 37.3 Å². The Balaban J connectivity index is 1.46. The van der Waals surface area contributed by atoms with E-state index in [0.29, 0.717) is 19.8 Å². The van der Waals surface area contributed by atoms with E-state index in [1.54, 1.807) is 0 Å². The minimum absolute atomic E-state index is 0.00982. The van der Waals surface area contributed by atoms with Gasteiger partial charge >= 0.3 is 0 Å². The number of fused-ring (bicyclic) bond motifs is 3. The summed E-state index contributed by atoms with van der Waals surface area (Å²) in [5.74, 6) is 0.404. The van der Waals surface area contributed by atoms with Crippen LogP contribution < -0.4 is 5.32 Å². The van der Waals surface area contributed by atoms with Crippen LogP contribution in [0.2, 0.25) is 0 Å². The lowest BCUT2D eigenvalue weighted by molar-refractivity contribution is -0.134. The van der Waals surface area contributed by atoms with Crippen LogP contribution in [0.3, 0.4) is 0 Å². The van der Waals surface area contributed by atoms with Crippen molar-refractivity contribution in [3.63, 3.8) is 0 Å². The van der Waals surface area contributed by atoms with Crippen LogP contribution in [0.15, 0.2) is 48.5 Å². The number of aliphatic hydroxyl groups is 1. The van der Waals surface area contributed by atoms with Crippen molar-refractivity contribution in [3.05, 3.63) is 54.1 Å². The minimum Gasteiger partial charge on any atom is -0.394 e. The van der Waals surface area contributed by atoms with E-state index in [-0.39, 0.29) is 30.5 Å². The average Bonchev–Trinajstić information content (AvgIpc) is 3.25. The van der Waals surface area contributed by atoms with Crippen LogP contribution in [0.5, 0.6) is 0 Å². The molecule has 6 heteroatoms. The van der Waals surface area contributed by atoms with Gasteiger partial charge in [-0.2, -0.15) is 0 Å². The number of rotatable bonds is 4. The molecule has 5 rings (SSSR count). The molecule has 0 bridgehead atoms. The molecule has 2 fully saturated rings. The topological polar surface area (TPSA) is 65.0 Å². The van der Waals surface area contributed by atoms with E-state index in [1.165, 1.54) is 11.1 Å². The molecule has 2 aromatic carbocycles. The predicted molar refractivity (Wildman–Crippen MR) is 116 cm³/mol. The third-order valence-corrected chi connectivity index (χ3v) is 6.76. The van der Waals surface area contributed by atoms with Crippen LogP contribution in [-0.4, -0.2) is 72.9 Å². The van der Waals surface area contributed by atoms with E-state index >= 15 is 0 Å². The van der Waals surface area contributed by atoms with Gasteiger partial charge in [-0.05, 0) is 35.2 Å². The monoisotopic (exact) mass is 407 g/mol. The second-order valence-electron chi connectivity index (χ2n) is 8.47. The van der Waals surface area contributed by atoms with Crippen molar-refractivity contribution in [2.45, 2.75) is 18.5 Å². The highest BCUT2D eigenvalue weighted by Crippen LogP contribution is 2.47. The van der Waals surface area contributed by atoms with Crippen molar-refractivity contribution in [1.82, 2.24) is 9.80 Å². The minimum atomic E-state index is -0.0220. The highest BCUT2D eigenvalue weighted by molar-refractivity contribution is 5.80. The third kappa shape index (κ3) is 3.60. The smallest absolute Gasteiger partial charge is 0.237 e. The van der Waals surface area contributed by atoms with Crippen LogP contribution in [0, 0.1) is 5.92 Å². The number of carbonyl (C=O) groups excluding carboxylic acids is 1. The maximum Gasteiger partial charge on any atom is 0.237 e. The zero-order valence-electron chi connectivity index (χ0n) is 17.2. The van der Waals surface area contributed by atoms with E-state index in [2.05, 4.69) is 45.4 Å². The molecule has 1 amide bonds. The number of hydrogen-bond acceptors (Lipinski definition) is 5. The summed E-state index contributed by atoms with van der Waals surface area (Å²) in [4.78, 5) is 17.5. The molecule has 0 spiro atoms. The second-order valence-corrected chi connectivity index (χ2v) is 8.47. The van der Waals surface area contributed by atoms with Crippen LogP contribution >= 0.6 is 0 Å². The van der Waals surface area contributed by atoms with Gasteiger partial charge in [0.15, 0.2) is 0 Å². The number of morpholine rings is 1. The van der Waals surface area contributed by atoms with Gasteiger partial charge in [0, 0.05) is 31.2 Å². The van der Waals surface area contributed by atoms with Gasteiger partial charge < -0.3 is 20.1 Å². The summed E-state index contributed by atoms with van der Waals surface area (Å²) in [6.45, 7) is 4.26. The Morgan fingerprint density at radius 2 is 1.87 bits per heavy atom. The maximum absolute atomic E-state index is 13.3. The molecule has 3 heterocycles. The van der Waals surface area contributed by atoms with E-state index in [1.807, 2.05) is 18.2 Å². The van der Waals surface area contributed by atoms with E-state index in [9.17, 15) is 9.90 Å². The number of ether oxygens (including phenoxy) is 1. The molecule has 0 aromatic heterocycles. The summed E-state index contributed by atoms with van der Waals surface area (Å²) in [5.41, 5.74) is 4.52. The highest BCUT2D eigenvalue weighted by Gasteiger charge is 2.45. The Bertz CT molecular complexity index is 898. The number of anilines is 1. The van der Waals surface area contributed by atoms with Gasteiger partial charge in [0.05, 0.1) is 38.4 Å². The molecule has 158 valence electrons. The first-order chi connectivity index (χ1) is 14.7. The average molecular weight is 408 g/mol. The second kappa shape index (κ2) is 8.38. The Hall–Kier alpha value is -2.41. The van der Waals surface area contributed by atoms with Gasteiger partial charge in [-0.1, -0.05) is 36.4 Å². The summed E-state index contributed by atoms with van der Waals surface area (Å²) < 4.78 is 5.42. The number of carbonyl (C=O) groups is 1. The van der Waals surface area contributed by atoms with Crippen LogP contribution in [0.4, 0.5) is 5.69 Å². The fourth-order valence-electron chi connectivity index (χ4n) is 5.19. The Morgan fingerprint density at radius 3 is 2.63 bits per heavy atom. The molecule has 3 atom stereocenters. The van der Waals surface area contributed by atoms with Gasteiger partial charge in [0.25, 0.3) is 0 Å². The molecule has 2 saturated heterocycles. The van der Waals surface area contributed by atoms with Crippen molar-refractivity contribution >= 4 is 11.6 Å². The lowest BCUT2D eigenvalue weighted by Gasteiger charge is -2.40. The van der Waals surface area contributed by atoms with Crippen LogP contribution in [0.25, 0.3) is 11.1 Å². The highest BCUT2D eigenvalue weighted by atomic mass is 16.5. The molecule has 0 unspecified atom stereocenters. The third-order valence-electron chi connectivity index (χ3n) is 6.76. The summed E-state index contributed by atoms with van der Waals surface area (Å²) in [5, 5.41) is 13.5. The standard InChI is InChI=1S/C24H29N3O3/c28-16-22-19-8-9-27(23(29)15-26-10-12-30-13-11-26)24(19)20-14-18(6-7-21(20)25-22)17-4-2-1-3-5-17/h1-7,14,19,22,24-25,28H,8-13,15-16H2/t19-,22-,24-/m1/s1. The number of nitrogens with one attached hydrogen (secondary N) is 1. The molecule has 30 heavy (non-hydrogen) atoms. The van der Waals surface area contributed by atoms with E-state index < -0.39 is 0 Å². The van der Waals surface area contributed by atoms with Crippen molar-refractivity contribution in [2.24, 2.45) is 5.92 Å². The molecule has 0 aliphatic carbocycles. The fraction of sp³-hybridized carbons (Fsp3) is 0.458. The van der Waals surface area contributed by atoms with Gasteiger partial charge in [-0.3, -0.25) is 9.69 Å². The first-order valence-corrected chi connectivity index (χ1v) is 10.9. The normalized spacial score (nSPS) is 26.0. The van der Waals surface area contributed by atoms with Crippen molar-refractivity contribution in [2.75, 3.05) is 51.3 Å². The van der Waals surface area contributed by atoms with Crippen molar-refractivity contribution < 1.29 is 14.6 Å². The summed E-state index contributed by atoms with van der Waals surface area (Å²) in [7, 11) is 0. The molecular weight excluding hydrogens is 378 g/mol. The number of benzene rings is 2. The Labute approximate surface area is 177 Å². The SMILES string of the molecule is O=C(CN1CCOCC1)N1CC[C@@H]2[C@@H](CO)Nc3ccc(-c4ccccc4)cc3[C@@H]21. The Morgan fingerprint density at radius 1 is 1.07 bits per heavy atom. The maximum atomic E-state index is 13.3. The zero-order chi connectivity index (χ0) is 20.5. The molecule has 2 aromatic rings. The van der Waals surface area contributed by atoms with Gasteiger partial charge in [-0.15, -0.1) is 0 Å².